The minimum atomic E-state index is -3.41. The molecule has 0 radical (unpaired) electrons. The van der Waals surface area contributed by atoms with Crippen LogP contribution in [0.15, 0.2) is 0 Å². The topological polar surface area (TPSA) is 72.9 Å². The summed E-state index contributed by atoms with van der Waals surface area (Å²) in [6.07, 6.45) is 5.93. The first-order valence-corrected chi connectivity index (χ1v) is 9.17. The predicted molar refractivity (Wildman–Crippen MR) is 78.6 cm³/mol. The van der Waals surface area contributed by atoms with Gasteiger partial charge in [-0.25, -0.2) is 0 Å². The van der Waals surface area contributed by atoms with Crippen molar-refractivity contribution < 1.29 is 13.5 Å². The van der Waals surface area contributed by atoms with Gasteiger partial charge in [0.2, 0.25) is 0 Å². The lowest BCUT2D eigenvalue weighted by atomic mass is 10.1. The highest BCUT2D eigenvalue weighted by Crippen LogP contribution is 2.12. The molecule has 1 atom stereocenters. The Morgan fingerprint density at radius 2 is 1.50 bits per heavy atom. The second kappa shape index (κ2) is 7.70. The highest BCUT2D eigenvalue weighted by Gasteiger charge is 2.24. The fourth-order valence-corrected chi connectivity index (χ4v) is 4.23. The predicted octanol–water partition coefficient (Wildman–Crippen LogP) is 0.154. The number of hydrogen-bond donors (Lipinski definition) is 2. The first-order valence-electron chi connectivity index (χ1n) is 7.73. The molecular weight excluding hydrogens is 278 g/mol. The molecule has 7 heteroatoms. The standard InChI is InChI=1S/C13H27N3O3S/c17-13(12-15-7-3-1-4-8-15)11-14-20(18,19)16-9-5-2-6-10-16/h13-14,17H,1-12H2. The zero-order valence-corrected chi connectivity index (χ0v) is 12.9. The summed E-state index contributed by atoms with van der Waals surface area (Å²) in [5.74, 6) is 0. The second-order valence-corrected chi connectivity index (χ2v) is 7.58. The molecule has 2 fully saturated rings. The molecule has 0 aromatic carbocycles. The molecule has 0 amide bonds. The fourth-order valence-electron chi connectivity index (χ4n) is 2.90. The van der Waals surface area contributed by atoms with Gasteiger partial charge < -0.3 is 10.0 Å². The van der Waals surface area contributed by atoms with Crippen LogP contribution in [-0.4, -0.2) is 68.1 Å². The van der Waals surface area contributed by atoms with Crippen LogP contribution in [0.1, 0.15) is 38.5 Å². The number of rotatable bonds is 6. The molecule has 0 spiro atoms. The lowest BCUT2D eigenvalue weighted by Crippen LogP contribution is -2.47. The van der Waals surface area contributed by atoms with Gasteiger partial charge in [-0.05, 0) is 38.8 Å². The van der Waals surface area contributed by atoms with Gasteiger partial charge in [-0.3, -0.25) is 0 Å². The normalized spacial score (nSPS) is 24.6. The fraction of sp³-hybridized carbons (Fsp3) is 1.00. The number of aliphatic hydroxyl groups is 1. The highest BCUT2D eigenvalue weighted by molar-refractivity contribution is 7.87. The molecule has 0 aliphatic carbocycles. The average Bonchev–Trinajstić information content (AvgIpc) is 2.47. The van der Waals surface area contributed by atoms with Crippen molar-refractivity contribution in [2.45, 2.75) is 44.6 Å². The molecule has 1 unspecified atom stereocenters. The molecule has 0 aromatic heterocycles. The summed E-state index contributed by atoms with van der Waals surface area (Å²) in [5.41, 5.74) is 0. The highest BCUT2D eigenvalue weighted by atomic mass is 32.2. The zero-order valence-electron chi connectivity index (χ0n) is 12.1. The lowest BCUT2D eigenvalue weighted by molar-refractivity contribution is 0.104. The van der Waals surface area contributed by atoms with E-state index in [1.807, 2.05) is 0 Å². The quantitative estimate of drug-likeness (QED) is 0.733. The Hall–Kier alpha value is -0.210. The van der Waals surface area contributed by atoms with E-state index in [1.54, 1.807) is 0 Å². The van der Waals surface area contributed by atoms with E-state index in [0.717, 1.165) is 32.4 Å². The molecule has 2 aliphatic heterocycles. The first kappa shape index (κ1) is 16.2. The Morgan fingerprint density at radius 3 is 2.10 bits per heavy atom. The summed E-state index contributed by atoms with van der Waals surface area (Å²) in [7, 11) is -3.41. The summed E-state index contributed by atoms with van der Waals surface area (Å²) in [6.45, 7) is 3.87. The van der Waals surface area contributed by atoms with Gasteiger partial charge in [0, 0.05) is 26.2 Å². The number of β-amino-alcohol motifs (C(OH)–C–C–N with tert-alkyl or cyclic N) is 1. The Labute approximate surface area is 122 Å². The Bertz CT molecular complexity index is 376. The van der Waals surface area contributed by atoms with Gasteiger partial charge in [0.15, 0.2) is 0 Å². The maximum absolute atomic E-state index is 12.1. The van der Waals surface area contributed by atoms with E-state index in [4.69, 9.17) is 0 Å². The minimum Gasteiger partial charge on any atom is -0.390 e. The van der Waals surface area contributed by atoms with Crippen LogP contribution in [0, 0.1) is 0 Å². The maximum atomic E-state index is 12.1. The Kier molecular flexibility index (Phi) is 6.22. The SMILES string of the molecule is O=S(=O)(NCC(O)CN1CCCCC1)N1CCCCC1. The van der Waals surface area contributed by atoms with Crippen molar-refractivity contribution in [1.82, 2.24) is 13.9 Å². The van der Waals surface area contributed by atoms with E-state index >= 15 is 0 Å². The van der Waals surface area contributed by atoms with Crippen molar-refractivity contribution in [3.8, 4) is 0 Å². The van der Waals surface area contributed by atoms with E-state index in [1.165, 1.54) is 23.6 Å². The van der Waals surface area contributed by atoms with Crippen LogP contribution < -0.4 is 4.72 Å². The molecule has 20 heavy (non-hydrogen) atoms. The van der Waals surface area contributed by atoms with Crippen molar-refractivity contribution >= 4 is 10.2 Å². The minimum absolute atomic E-state index is 0.106. The van der Waals surface area contributed by atoms with E-state index in [9.17, 15) is 13.5 Å². The number of nitrogens with zero attached hydrogens (tertiary/aromatic N) is 2. The molecule has 2 heterocycles. The maximum Gasteiger partial charge on any atom is 0.279 e. The Balaban J connectivity index is 1.72. The average molecular weight is 305 g/mol. The van der Waals surface area contributed by atoms with Gasteiger partial charge in [-0.15, -0.1) is 0 Å². The van der Waals surface area contributed by atoms with E-state index < -0.39 is 16.3 Å². The molecule has 2 N–H and O–H groups in total. The summed E-state index contributed by atoms with van der Waals surface area (Å²) in [5, 5.41) is 9.98. The number of aliphatic hydroxyl groups excluding tert-OH is 1. The first-order chi connectivity index (χ1) is 9.58. The molecule has 2 saturated heterocycles. The number of nitrogens with one attached hydrogen (secondary N) is 1. The van der Waals surface area contributed by atoms with Crippen molar-refractivity contribution in [2.75, 3.05) is 39.3 Å². The molecule has 0 saturated carbocycles. The van der Waals surface area contributed by atoms with Crippen LogP contribution in [0.4, 0.5) is 0 Å². The van der Waals surface area contributed by atoms with Crippen molar-refractivity contribution in [2.24, 2.45) is 0 Å². The third kappa shape index (κ3) is 4.96. The molecule has 0 bridgehead atoms. The molecule has 2 aliphatic rings. The molecule has 6 nitrogen and oxygen atoms in total. The van der Waals surface area contributed by atoms with Gasteiger partial charge in [-0.2, -0.15) is 17.4 Å². The van der Waals surface area contributed by atoms with Gasteiger partial charge in [0.05, 0.1) is 6.10 Å². The summed E-state index contributed by atoms with van der Waals surface area (Å²) in [4.78, 5) is 2.21. The van der Waals surface area contributed by atoms with E-state index in [2.05, 4.69) is 9.62 Å². The van der Waals surface area contributed by atoms with E-state index in [0.29, 0.717) is 19.6 Å². The second-order valence-electron chi connectivity index (χ2n) is 5.83. The smallest absolute Gasteiger partial charge is 0.279 e. The van der Waals surface area contributed by atoms with Crippen molar-refractivity contribution in [1.29, 1.82) is 0 Å². The zero-order chi connectivity index (χ0) is 14.4. The molecular formula is C13H27N3O3S. The number of likely N-dealkylation sites (tertiary alicyclic amines) is 1. The third-order valence-corrected chi connectivity index (χ3v) is 5.65. The van der Waals surface area contributed by atoms with Gasteiger partial charge in [-0.1, -0.05) is 12.8 Å². The number of hydrogen-bond acceptors (Lipinski definition) is 4. The molecule has 118 valence electrons. The van der Waals surface area contributed by atoms with Crippen LogP contribution in [0.3, 0.4) is 0 Å². The number of piperidine rings is 2. The summed E-state index contributed by atoms with van der Waals surface area (Å²) >= 11 is 0. The van der Waals surface area contributed by atoms with E-state index in [-0.39, 0.29) is 6.54 Å². The monoisotopic (exact) mass is 305 g/mol. The summed E-state index contributed by atoms with van der Waals surface area (Å²) in [6, 6.07) is 0. The molecule has 2 rings (SSSR count). The van der Waals surface area contributed by atoms with Crippen LogP contribution in [-0.2, 0) is 10.2 Å². The third-order valence-electron chi connectivity index (χ3n) is 4.07. The van der Waals surface area contributed by atoms with Crippen LogP contribution in [0.5, 0.6) is 0 Å². The largest absolute Gasteiger partial charge is 0.390 e. The van der Waals surface area contributed by atoms with Crippen LogP contribution in [0.2, 0.25) is 0 Å². The van der Waals surface area contributed by atoms with Crippen molar-refractivity contribution in [3.63, 3.8) is 0 Å². The van der Waals surface area contributed by atoms with Crippen molar-refractivity contribution in [3.05, 3.63) is 0 Å². The molecule has 0 aromatic rings. The van der Waals surface area contributed by atoms with Gasteiger partial charge in [0.25, 0.3) is 10.2 Å². The van der Waals surface area contributed by atoms with Gasteiger partial charge >= 0.3 is 0 Å². The lowest BCUT2D eigenvalue weighted by Gasteiger charge is -2.29. The van der Waals surface area contributed by atoms with Crippen LogP contribution in [0.25, 0.3) is 0 Å². The van der Waals surface area contributed by atoms with Gasteiger partial charge in [0.1, 0.15) is 0 Å². The van der Waals surface area contributed by atoms with Crippen LogP contribution >= 0.6 is 0 Å². The summed E-state index contributed by atoms with van der Waals surface area (Å²) < 4.78 is 28.2. The Morgan fingerprint density at radius 1 is 0.950 bits per heavy atom.